The summed E-state index contributed by atoms with van der Waals surface area (Å²) in [4.78, 5) is 18.2. The van der Waals surface area contributed by atoms with E-state index in [0.29, 0.717) is 0 Å². The van der Waals surface area contributed by atoms with E-state index in [-0.39, 0.29) is 27.0 Å². The normalized spacial score (nSPS) is 18.1. The number of terminal acetylenes is 1. The molecule has 11 heteroatoms. The first-order valence-corrected chi connectivity index (χ1v) is 10.6. The highest BCUT2D eigenvalue weighted by Crippen LogP contribution is 2.56. The Balaban J connectivity index is 1.69. The van der Waals surface area contributed by atoms with Gasteiger partial charge >= 0.3 is 6.03 Å². The number of likely N-dealkylation sites (N-methyl/N-ethyl adjacent to an activating group) is 1. The van der Waals surface area contributed by atoms with E-state index in [1.807, 2.05) is 0 Å². The second-order valence-electron chi connectivity index (χ2n) is 7.54. The summed E-state index contributed by atoms with van der Waals surface area (Å²) in [5.74, 6) is -2.69. The van der Waals surface area contributed by atoms with Crippen molar-refractivity contribution in [3.63, 3.8) is 0 Å². The van der Waals surface area contributed by atoms with Gasteiger partial charge in [0.2, 0.25) is 5.13 Å². The number of nitrogens with one attached hydrogen (secondary N) is 1. The van der Waals surface area contributed by atoms with Crippen molar-refractivity contribution in [1.82, 2.24) is 20.1 Å². The second kappa shape index (κ2) is 8.80. The van der Waals surface area contributed by atoms with Gasteiger partial charge in [0.15, 0.2) is 5.01 Å². The van der Waals surface area contributed by atoms with Crippen LogP contribution in [0.1, 0.15) is 46.3 Å². The molecule has 4 rings (SSSR count). The van der Waals surface area contributed by atoms with Crippen molar-refractivity contribution in [2.45, 2.75) is 30.4 Å². The quantitative estimate of drug-likeness (QED) is 0.526. The third-order valence-corrected chi connectivity index (χ3v) is 6.12. The molecule has 2 heterocycles. The highest BCUT2D eigenvalue weighted by Gasteiger charge is 2.58. The van der Waals surface area contributed by atoms with Crippen LogP contribution in [0.4, 0.5) is 23.1 Å². The zero-order valence-corrected chi connectivity index (χ0v) is 18.1. The molecule has 1 saturated carbocycles. The van der Waals surface area contributed by atoms with Crippen LogP contribution >= 0.6 is 11.3 Å². The van der Waals surface area contributed by atoms with Crippen molar-refractivity contribution < 1.29 is 23.1 Å². The SMILES string of the molecule is C#Cc1nnc(NC(=O)N(C)[C@H](c2ccc(F)c(C3CC3(F)F)c2)C(O)c2ccccn2)s1. The number of alkyl halides is 2. The molecule has 2 aromatic heterocycles. The van der Waals surface area contributed by atoms with Crippen LogP contribution in [0.2, 0.25) is 0 Å². The lowest BCUT2D eigenvalue weighted by molar-refractivity contribution is 0.0766. The van der Waals surface area contributed by atoms with Crippen LogP contribution in [0.5, 0.6) is 0 Å². The summed E-state index contributed by atoms with van der Waals surface area (Å²) in [6, 6.07) is 6.81. The molecular weight excluding hydrogens is 455 g/mol. The van der Waals surface area contributed by atoms with Gasteiger partial charge in [-0.15, -0.1) is 16.6 Å². The van der Waals surface area contributed by atoms with Gasteiger partial charge in [-0.2, -0.15) is 0 Å². The molecule has 33 heavy (non-hydrogen) atoms. The van der Waals surface area contributed by atoms with Crippen LogP contribution in [-0.4, -0.2) is 44.2 Å². The monoisotopic (exact) mass is 473 g/mol. The number of aliphatic hydroxyl groups is 1. The van der Waals surface area contributed by atoms with E-state index in [1.54, 1.807) is 18.2 Å². The molecule has 170 valence electrons. The molecular formula is C22H18F3N5O2S. The molecule has 0 bridgehead atoms. The summed E-state index contributed by atoms with van der Waals surface area (Å²) in [6.45, 7) is 0. The number of hydrogen-bond donors (Lipinski definition) is 2. The van der Waals surface area contributed by atoms with Crippen LogP contribution in [0.25, 0.3) is 0 Å². The molecule has 2 amide bonds. The fourth-order valence-electron chi connectivity index (χ4n) is 3.53. The van der Waals surface area contributed by atoms with Gasteiger partial charge in [0.05, 0.1) is 17.7 Å². The fourth-order valence-corrected chi connectivity index (χ4v) is 4.08. The predicted molar refractivity (Wildman–Crippen MR) is 115 cm³/mol. The number of halogens is 3. The highest BCUT2D eigenvalue weighted by atomic mass is 32.1. The number of carbonyl (C=O) groups excluding carboxylic acids is 1. The van der Waals surface area contributed by atoms with Gasteiger partial charge in [0, 0.05) is 19.7 Å². The van der Waals surface area contributed by atoms with Crippen LogP contribution in [0, 0.1) is 18.2 Å². The summed E-state index contributed by atoms with van der Waals surface area (Å²) in [6.07, 6.45) is 4.95. The molecule has 0 radical (unpaired) electrons. The average molecular weight is 473 g/mol. The number of aromatic nitrogens is 3. The van der Waals surface area contributed by atoms with E-state index in [4.69, 9.17) is 6.42 Å². The van der Waals surface area contributed by atoms with E-state index >= 15 is 0 Å². The second-order valence-corrected chi connectivity index (χ2v) is 8.52. The molecule has 1 fully saturated rings. The lowest BCUT2D eigenvalue weighted by Gasteiger charge is -2.32. The predicted octanol–water partition coefficient (Wildman–Crippen LogP) is 4.11. The van der Waals surface area contributed by atoms with Gasteiger partial charge in [-0.05, 0) is 35.2 Å². The molecule has 1 aromatic carbocycles. The molecule has 0 spiro atoms. The lowest BCUT2D eigenvalue weighted by atomic mass is 9.94. The van der Waals surface area contributed by atoms with Gasteiger partial charge in [0.1, 0.15) is 11.9 Å². The van der Waals surface area contributed by atoms with Crippen molar-refractivity contribution in [3.8, 4) is 12.3 Å². The fraction of sp³-hybridized carbons (Fsp3) is 0.273. The zero-order chi connectivity index (χ0) is 23.8. The van der Waals surface area contributed by atoms with Gasteiger partial charge in [0.25, 0.3) is 5.92 Å². The summed E-state index contributed by atoms with van der Waals surface area (Å²) in [5, 5.41) is 21.5. The number of anilines is 1. The first-order valence-electron chi connectivity index (χ1n) is 9.81. The van der Waals surface area contributed by atoms with E-state index in [9.17, 15) is 23.1 Å². The van der Waals surface area contributed by atoms with Gasteiger partial charge < -0.3 is 10.0 Å². The minimum Gasteiger partial charge on any atom is -0.384 e. The summed E-state index contributed by atoms with van der Waals surface area (Å²) in [7, 11) is 1.41. The highest BCUT2D eigenvalue weighted by molar-refractivity contribution is 7.15. The Bertz CT molecular complexity index is 1210. The van der Waals surface area contributed by atoms with Crippen molar-refractivity contribution in [2.75, 3.05) is 12.4 Å². The molecule has 0 aliphatic heterocycles. The lowest BCUT2D eigenvalue weighted by Crippen LogP contribution is -2.38. The third-order valence-electron chi connectivity index (χ3n) is 5.35. The smallest absolute Gasteiger partial charge is 0.324 e. The Labute approximate surface area is 191 Å². The first kappa shape index (κ1) is 22.7. The largest absolute Gasteiger partial charge is 0.384 e. The Hall–Kier alpha value is -3.49. The topological polar surface area (TPSA) is 91.2 Å². The van der Waals surface area contributed by atoms with Crippen LogP contribution < -0.4 is 5.32 Å². The summed E-state index contributed by atoms with van der Waals surface area (Å²) >= 11 is 0.983. The average Bonchev–Trinajstić information content (AvgIpc) is 3.21. The summed E-state index contributed by atoms with van der Waals surface area (Å²) < 4.78 is 41.6. The van der Waals surface area contributed by atoms with Crippen molar-refractivity contribution >= 4 is 22.5 Å². The molecule has 1 aliphatic carbocycles. The van der Waals surface area contributed by atoms with Crippen LogP contribution in [0.15, 0.2) is 42.6 Å². The molecule has 3 atom stereocenters. The third kappa shape index (κ3) is 4.67. The molecule has 1 aliphatic rings. The van der Waals surface area contributed by atoms with Crippen LogP contribution in [0.3, 0.4) is 0 Å². The number of benzene rings is 1. The van der Waals surface area contributed by atoms with E-state index < -0.39 is 42.3 Å². The molecule has 2 N–H and O–H groups in total. The van der Waals surface area contributed by atoms with E-state index in [1.165, 1.54) is 30.3 Å². The van der Waals surface area contributed by atoms with Crippen molar-refractivity contribution in [1.29, 1.82) is 0 Å². The zero-order valence-electron chi connectivity index (χ0n) is 17.2. The maximum absolute atomic E-state index is 14.3. The van der Waals surface area contributed by atoms with Crippen molar-refractivity contribution in [2.24, 2.45) is 0 Å². The van der Waals surface area contributed by atoms with Crippen LogP contribution in [-0.2, 0) is 0 Å². The number of urea groups is 1. The number of pyridine rings is 1. The maximum atomic E-state index is 14.3. The first-order chi connectivity index (χ1) is 15.7. The van der Waals surface area contributed by atoms with Gasteiger partial charge in [-0.1, -0.05) is 29.5 Å². The Morgan fingerprint density at radius 2 is 2.12 bits per heavy atom. The Morgan fingerprint density at radius 1 is 1.36 bits per heavy atom. The Kier molecular flexibility index (Phi) is 6.05. The minimum atomic E-state index is -2.98. The number of aliphatic hydroxyl groups excluding tert-OH is 1. The Morgan fingerprint density at radius 3 is 2.73 bits per heavy atom. The van der Waals surface area contributed by atoms with Gasteiger partial charge in [-0.3, -0.25) is 10.3 Å². The van der Waals surface area contributed by atoms with Gasteiger partial charge in [-0.25, -0.2) is 18.0 Å². The van der Waals surface area contributed by atoms with Crippen molar-refractivity contribution in [3.05, 3.63) is 70.2 Å². The molecule has 2 unspecified atom stereocenters. The number of hydrogen-bond acceptors (Lipinski definition) is 6. The minimum absolute atomic E-state index is 0.142. The molecule has 3 aromatic rings. The molecule has 0 saturated heterocycles. The molecule has 7 nitrogen and oxygen atoms in total. The number of rotatable bonds is 6. The van der Waals surface area contributed by atoms with E-state index in [2.05, 4.69) is 26.4 Å². The number of amides is 2. The number of nitrogens with zero attached hydrogens (tertiary/aromatic N) is 4. The van der Waals surface area contributed by atoms with E-state index in [0.717, 1.165) is 17.4 Å². The standard InChI is InChI=1S/C22H18F3N5O2S/c1-3-17-28-29-20(33-17)27-21(32)30(2)18(19(31)16-6-4-5-9-26-16)12-7-8-15(23)13(10-12)14-11-22(14,24)25/h1,4-10,14,18-19,31H,11H2,2H3,(H,27,29,32)/t14?,18-,19?/m1/s1. The maximum Gasteiger partial charge on any atom is 0.324 e. The summed E-state index contributed by atoms with van der Waals surface area (Å²) in [5.41, 5.74) is 0.356. The number of carbonyl (C=O) groups is 1.